The molecule has 1 saturated carbocycles. The van der Waals surface area contributed by atoms with Crippen LogP contribution >= 0.6 is 11.8 Å². The van der Waals surface area contributed by atoms with Gasteiger partial charge in [0, 0.05) is 31.1 Å². The van der Waals surface area contributed by atoms with Gasteiger partial charge < -0.3 is 29.3 Å². The second-order valence-corrected chi connectivity index (χ2v) is 19.3. The van der Waals surface area contributed by atoms with Crippen LogP contribution in [0.4, 0.5) is 0 Å². The summed E-state index contributed by atoms with van der Waals surface area (Å²) in [6.45, 7) is 13.9. The lowest BCUT2D eigenvalue weighted by Gasteiger charge is -2.58. The van der Waals surface area contributed by atoms with Crippen LogP contribution in [0.2, 0.25) is 0 Å². The minimum atomic E-state index is -0.939. The number of rotatable bonds is 31. The van der Waals surface area contributed by atoms with E-state index < -0.39 is 5.79 Å². The molecule has 1 aliphatic heterocycles. The predicted molar refractivity (Wildman–Crippen MR) is 255 cm³/mol. The highest BCUT2D eigenvalue weighted by Crippen LogP contribution is 2.62. The molecule has 2 N–H and O–H groups in total. The van der Waals surface area contributed by atoms with Gasteiger partial charge in [-0.25, -0.2) is 0 Å². The largest absolute Gasteiger partial charge is 0.460 e. The lowest BCUT2D eigenvalue weighted by Crippen LogP contribution is -2.64. The van der Waals surface area contributed by atoms with Crippen molar-refractivity contribution >= 4 is 17.5 Å². The molecule has 6 unspecified atom stereocenters. The minimum absolute atomic E-state index is 0.0121. The number of fused-ring (bicyclic) bond motifs is 2. The summed E-state index contributed by atoms with van der Waals surface area (Å²) in [5, 5.41) is 24.7. The van der Waals surface area contributed by atoms with E-state index in [1.807, 2.05) is 36.9 Å². The van der Waals surface area contributed by atoms with Crippen LogP contribution in [0.3, 0.4) is 0 Å². The molecule has 5 rings (SSSR count). The Balaban J connectivity index is 1.41. The molecule has 2 aromatic rings. The van der Waals surface area contributed by atoms with E-state index in [0.29, 0.717) is 19.6 Å². The van der Waals surface area contributed by atoms with Crippen molar-refractivity contribution in [1.29, 1.82) is 0 Å². The molecule has 2 aliphatic carbocycles. The summed E-state index contributed by atoms with van der Waals surface area (Å²) < 4.78 is 21.1. The topological polar surface area (TPSA) is 89.7 Å². The Morgan fingerprint density at radius 3 is 2.07 bits per heavy atom. The van der Waals surface area contributed by atoms with Crippen LogP contribution in [0, 0.1) is 31.6 Å². The summed E-state index contributed by atoms with van der Waals surface area (Å²) in [6, 6.07) is 12.6. The Kier molecular flexibility index (Phi) is 21.6. The molecule has 0 bridgehead atoms. The predicted octanol–water partition coefficient (Wildman–Crippen LogP) is 14.0. The second-order valence-electron chi connectivity index (χ2n) is 18.0. The highest BCUT2D eigenvalue weighted by Gasteiger charge is 2.64. The molecule has 0 aromatic heterocycles. The average Bonchev–Trinajstić information content (AvgIpc) is 3.26. The maximum atomic E-state index is 9.95. The number of nitrogens with zero attached hydrogens (tertiary/aromatic N) is 1. The van der Waals surface area contributed by atoms with Crippen molar-refractivity contribution in [2.45, 2.75) is 179 Å². The third-order valence-electron chi connectivity index (χ3n) is 13.5. The Bertz CT molecular complexity index is 1660. The number of aliphatic hydroxyl groups is 2. The Morgan fingerprint density at radius 2 is 1.43 bits per heavy atom. The lowest BCUT2D eigenvalue weighted by molar-refractivity contribution is -0.223. The SMILES string of the molecule is C=CCOC12Oc3ccc(Oc4ccc(C)c(C)c4)cc3C3C(CCCCO)C(CCCCO)C=C(C(=NOCC)CC1SCCCCCCCCCCCCCCCC)C32. The van der Waals surface area contributed by atoms with Crippen molar-refractivity contribution in [3.8, 4) is 17.2 Å². The summed E-state index contributed by atoms with van der Waals surface area (Å²) in [5.74, 6) is 2.97. The lowest BCUT2D eigenvalue weighted by atomic mass is 9.56. The molecule has 61 heavy (non-hydrogen) atoms. The van der Waals surface area contributed by atoms with Gasteiger partial charge >= 0.3 is 0 Å². The number of hydrogen-bond donors (Lipinski definition) is 2. The molecule has 7 nitrogen and oxygen atoms in total. The number of aliphatic hydroxyl groups excluding tert-OH is 2. The van der Waals surface area contributed by atoms with Crippen LogP contribution in [0.1, 0.15) is 171 Å². The molecule has 3 aliphatic rings. The number of unbranched alkanes of at least 4 members (excludes halogenated alkanes) is 15. The number of thioether (sulfide) groups is 1. The average molecular weight is 860 g/mol. The van der Waals surface area contributed by atoms with Crippen LogP contribution in [-0.2, 0) is 9.57 Å². The number of oxime groups is 1. The highest BCUT2D eigenvalue weighted by atomic mass is 32.2. The molecule has 0 spiro atoms. The van der Waals surface area contributed by atoms with Gasteiger partial charge in [-0.3, -0.25) is 0 Å². The van der Waals surface area contributed by atoms with Crippen molar-refractivity contribution in [3.05, 3.63) is 77.4 Å². The zero-order chi connectivity index (χ0) is 43.3. The smallest absolute Gasteiger partial charge is 0.230 e. The van der Waals surface area contributed by atoms with E-state index in [4.69, 9.17) is 24.2 Å². The quantitative estimate of drug-likeness (QED) is 0.0443. The van der Waals surface area contributed by atoms with E-state index >= 15 is 0 Å². The van der Waals surface area contributed by atoms with Gasteiger partial charge in [0.05, 0.1) is 23.5 Å². The van der Waals surface area contributed by atoms with Gasteiger partial charge in [-0.1, -0.05) is 127 Å². The minimum Gasteiger partial charge on any atom is -0.460 e. The first kappa shape index (κ1) is 49.2. The molecule has 1 heterocycles. The molecule has 0 amide bonds. The van der Waals surface area contributed by atoms with Gasteiger partial charge in [-0.05, 0) is 117 Å². The standard InChI is InChI=1S/C53H81NO6S/c1-6-9-10-11-12-13-14-15-16-17-18-19-20-25-35-61-50-39-48(54-58-8-3)46-37-42(26-21-23-32-55)45(27-22-24-33-56)51-47-38-44(59-43-29-28-40(4)41(5)36-43)30-31-49(47)60-53(50,52(46)51)57-34-7-2/h7,28-31,36-38,42,45,50-52,55-56H,2,6,8-27,32-35,39H2,1,3-5H3. The first-order chi connectivity index (χ1) is 29.9. The van der Waals surface area contributed by atoms with Gasteiger partial charge in [0.15, 0.2) is 0 Å². The summed E-state index contributed by atoms with van der Waals surface area (Å²) in [4.78, 5) is 5.91. The number of ether oxygens (including phenoxy) is 3. The first-order valence-electron chi connectivity index (χ1n) is 24.5. The fourth-order valence-electron chi connectivity index (χ4n) is 10.1. The highest BCUT2D eigenvalue weighted by molar-refractivity contribution is 8.00. The second kappa shape index (κ2) is 26.8. The molecule has 8 heteroatoms. The van der Waals surface area contributed by atoms with E-state index in [-0.39, 0.29) is 42.1 Å². The maximum Gasteiger partial charge on any atom is 0.230 e. The Labute approximate surface area is 374 Å². The monoisotopic (exact) mass is 860 g/mol. The van der Waals surface area contributed by atoms with Gasteiger partial charge in [0.25, 0.3) is 0 Å². The summed E-state index contributed by atoms with van der Waals surface area (Å²) in [5.41, 5.74) is 5.75. The van der Waals surface area contributed by atoms with Crippen molar-refractivity contribution in [2.24, 2.45) is 22.9 Å². The molecular formula is C53H81NO6S. The normalized spacial score (nSPS) is 23.5. The van der Waals surface area contributed by atoms with Crippen molar-refractivity contribution in [1.82, 2.24) is 0 Å². The summed E-state index contributed by atoms with van der Waals surface area (Å²) in [7, 11) is 0. The molecule has 2 aromatic carbocycles. The van der Waals surface area contributed by atoms with Gasteiger partial charge in [-0.15, -0.1) is 6.58 Å². The molecule has 340 valence electrons. The zero-order valence-electron chi connectivity index (χ0n) is 38.5. The third-order valence-corrected chi connectivity index (χ3v) is 14.9. The Morgan fingerprint density at radius 1 is 0.787 bits per heavy atom. The van der Waals surface area contributed by atoms with E-state index in [9.17, 15) is 10.2 Å². The third kappa shape index (κ3) is 13.9. The van der Waals surface area contributed by atoms with Crippen LogP contribution in [0.15, 0.2) is 65.9 Å². The van der Waals surface area contributed by atoms with Crippen molar-refractivity contribution in [3.63, 3.8) is 0 Å². The van der Waals surface area contributed by atoms with Crippen molar-refractivity contribution in [2.75, 3.05) is 32.2 Å². The van der Waals surface area contributed by atoms with E-state index in [0.717, 1.165) is 79.2 Å². The van der Waals surface area contributed by atoms with Gasteiger partial charge in [0.1, 0.15) is 23.9 Å². The fourth-order valence-corrected chi connectivity index (χ4v) is 11.5. The zero-order valence-corrected chi connectivity index (χ0v) is 39.3. The van der Waals surface area contributed by atoms with Crippen LogP contribution < -0.4 is 9.47 Å². The van der Waals surface area contributed by atoms with Crippen LogP contribution in [0.5, 0.6) is 17.2 Å². The number of aryl methyl sites for hydroxylation is 2. The molecular weight excluding hydrogens is 779 g/mol. The van der Waals surface area contributed by atoms with Crippen molar-refractivity contribution < 1.29 is 29.3 Å². The van der Waals surface area contributed by atoms with Crippen LogP contribution in [0.25, 0.3) is 0 Å². The molecule has 6 atom stereocenters. The van der Waals surface area contributed by atoms with Gasteiger partial charge in [0.2, 0.25) is 5.79 Å². The molecule has 1 fully saturated rings. The number of hydrogen-bond acceptors (Lipinski definition) is 8. The van der Waals surface area contributed by atoms with Crippen LogP contribution in [-0.4, -0.2) is 59.1 Å². The fraction of sp³-hybridized carbons (Fsp3) is 0.679. The molecule has 0 radical (unpaired) electrons. The molecule has 0 saturated heterocycles. The maximum absolute atomic E-state index is 9.95. The number of allylic oxidation sites excluding steroid dienone is 1. The summed E-state index contributed by atoms with van der Waals surface area (Å²) >= 11 is 1.98. The van der Waals surface area contributed by atoms with Gasteiger partial charge in [-0.2, -0.15) is 11.8 Å². The summed E-state index contributed by atoms with van der Waals surface area (Å²) in [6.07, 6.45) is 29.2. The van der Waals surface area contributed by atoms with E-state index in [2.05, 4.69) is 57.7 Å². The number of benzene rings is 2. The van der Waals surface area contributed by atoms with E-state index in [1.165, 1.54) is 100 Å². The Hall–Kier alpha value is -2.78. The van der Waals surface area contributed by atoms with E-state index in [1.54, 1.807) is 0 Å². The first-order valence-corrected chi connectivity index (χ1v) is 25.5.